The molecule has 7 nitrogen and oxygen atoms in total. The van der Waals surface area contributed by atoms with E-state index in [0.717, 1.165) is 34.2 Å². The van der Waals surface area contributed by atoms with Crippen LogP contribution in [0.2, 0.25) is 5.02 Å². The highest BCUT2D eigenvalue weighted by Gasteiger charge is 2.44. The summed E-state index contributed by atoms with van der Waals surface area (Å²) in [6, 6.07) is 39.4. The Bertz CT molecular complexity index is 2090. The fraction of sp³-hybridized carbons (Fsp3) is 0.267. The second-order valence-corrected chi connectivity index (χ2v) is 15.2. The van der Waals surface area contributed by atoms with Crippen LogP contribution in [0.15, 0.2) is 127 Å². The minimum atomic E-state index is -1.46. The number of rotatable bonds is 10. The van der Waals surface area contributed by atoms with Crippen LogP contribution >= 0.6 is 11.6 Å². The molecule has 0 radical (unpaired) electrons. The maximum atomic E-state index is 14.4. The first-order chi connectivity index (χ1) is 25.6. The number of hydrogen-bond acceptors (Lipinski definition) is 5. The van der Waals surface area contributed by atoms with E-state index in [2.05, 4.69) is 31.3 Å². The molecule has 7 rings (SSSR count). The Balaban J connectivity index is 1.18. The molecule has 1 N–H and O–H groups in total. The number of nitrogens with zero attached hydrogens (tertiary/aromatic N) is 1. The fourth-order valence-corrected chi connectivity index (χ4v) is 8.01. The average Bonchev–Trinajstić information content (AvgIpc) is 3.70. The Morgan fingerprint density at radius 1 is 0.811 bits per heavy atom. The number of aryl methyl sites for hydroxylation is 1. The molecular weight excluding hydrogens is 684 g/mol. The van der Waals surface area contributed by atoms with Crippen LogP contribution in [0, 0.1) is 12.3 Å². The van der Waals surface area contributed by atoms with Gasteiger partial charge in [0.25, 0.3) is 0 Å². The van der Waals surface area contributed by atoms with E-state index >= 15 is 0 Å². The Morgan fingerprint density at radius 2 is 1.40 bits per heavy atom. The van der Waals surface area contributed by atoms with Crippen LogP contribution in [0.25, 0.3) is 11.1 Å². The summed E-state index contributed by atoms with van der Waals surface area (Å²) in [6.45, 7) is 7.27. The third kappa shape index (κ3) is 7.31. The summed E-state index contributed by atoms with van der Waals surface area (Å²) in [5.74, 6) is -1.22. The molecule has 53 heavy (non-hydrogen) atoms. The van der Waals surface area contributed by atoms with Gasteiger partial charge in [-0.3, -0.25) is 9.59 Å². The van der Waals surface area contributed by atoms with Crippen LogP contribution in [0.5, 0.6) is 0 Å². The van der Waals surface area contributed by atoms with E-state index < -0.39 is 30.1 Å². The summed E-state index contributed by atoms with van der Waals surface area (Å²) >= 11 is 6.89. The molecule has 0 spiro atoms. The number of amides is 2. The lowest BCUT2D eigenvalue weighted by molar-refractivity contribution is -0.156. The zero-order valence-corrected chi connectivity index (χ0v) is 30.9. The molecule has 1 unspecified atom stereocenters. The van der Waals surface area contributed by atoms with Crippen molar-refractivity contribution >= 4 is 29.6 Å². The molecule has 0 saturated carbocycles. The van der Waals surface area contributed by atoms with Crippen molar-refractivity contribution in [3.05, 3.63) is 166 Å². The first-order valence-electron chi connectivity index (χ1n) is 18.1. The highest BCUT2D eigenvalue weighted by Crippen LogP contribution is 2.45. The van der Waals surface area contributed by atoms with Crippen molar-refractivity contribution in [3.63, 3.8) is 0 Å². The average molecular weight is 727 g/mol. The van der Waals surface area contributed by atoms with Gasteiger partial charge < -0.3 is 19.7 Å². The van der Waals surface area contributed by atoms with Crippen molar-refractivity contribution < 1.29 is 23.9 Å². The van der Waals surface area contributed by atoms with Crippen LogP contribution in [-0.2, 0) is 24.7 Å². The first-order valence-corrected chi connectivity index (χ1v) is 18.4. The standard InChI is InChI=1S/C45H43ClN2O5/c1-30-21-23-32(24-22-30)45(31-13-5-4-6-14-31,38-19-11-12-20-39(38)46)53-41(49)27-40(42(50)48-26-25-44(2,3)29-48)47-43(51)52-28-37-35-17-9-7-15-33(35)34-16-8-10-18-36(34)37/h4-24,37,40H,25-29H2,1-3H3,(H,47,51)/t40-,45?/m0/s1. The quantitative estimate of drug-likeness (QED) is 0.115. The lowest BCUT2D eigenvalue weighted by Crippen LogP contribution is -2.50. The van der Waals surface area contributed by atoms with Gasteiger partial charge in [0.1, 0.15) is 12.6 Å². The van der Waals surface area contributed by atoms with Crippen LogP contribution in [0.4, 0.5) is 4.79 Å². The fourth-order valence-electron chi connectivity index (χ4n) is 7.74. The van der Waals surface area contributed by atoms with E-state index in [4.69, 9.17) is 21.1 Å². The van der Waals surface area contributed by atoms with Gasteiger partial charge in [-0.25, -0.2) is 4.79 Å². The van der Waals surface area contributed by atoms with E-state index in [1.54, 1.807) is 11.0 Å². The van der Waals surface area contributed by atoms with Crippen molar-refractivity contribution in [2.75, 3.05) is 19.7 Å². The molecule has 1 aliphatic heterocycles. The van der Waals surface area contributed by atoms with Gasteiger partial charge in [0.2, 0.25) is 5.91 Å². The van der Waals surface area contributed by atoms with E-state index in [1.165, 1.54) is 0 Å². The van der Waals surface area contributed by atoms with Gasteiger partial charge >= 0.3 is 12.1 Å². The number of esters is 1. The lowest BCUT2D eigenvalue weighted by Gasteiger charge is -2.36. The number of hydrogen-bond donors (Lipinski definition) is 1. The highest BCUT2D eigenvalue weighted by atomic mass is 35.5. The summed E-state index contributed by atoms with van der Waals surface area (Å²) in [6.07, 6.45) is -0.404. The largest absolute Gasteiger partial charge is 0.449 e. The van der Waals surface area contributed by atoms with Crippen LogP contribution < -0.4 is 5.32 Å². The summed E-state index contributed by atoms with van der Waals surface area (Å²) in [5.41, 5.74) is 5.78. The zero-order chi connectivity index (χ0) is 37.2. The molecule has 0 bridgehead atoms. The maximum absolute atomic E-state index is 14.4. The number of fused-ring (bicyclic) bond motifs is 3. The Hall–Kier alpha value is -5.40. The molecule has 1 heterocycles. The molecule has 1 aliphatic carbocycles. The van der Waals surface area contributed by atoms with Crippen molar-refractivity contribution in [1.29, 1.82) is 0 Å². The summed E-state index contributed by atoms with van der Waals surface area (Å²) in [5, 5.41) is 3.18. The summed E-state index contributed by atoms with van der Waals surface area (Å²) < 4.78 is 12.5. The smallest absolute Gasteiger partial charge is 0.407 e. The van der Waals surface area contributed by atoms with Gasteiger partial charge in [-0.2, -0.15) is 0 Å². The molecule has 2 amide bonds. The number of alkyl carbamates (subject to hydrolysis) is 1. The van der Waals surface area contributed by atoms with Crippen molar-refractivity contribution in [2.24, 2.45) is 5.41 Å². The number of nitrogens with one attached hydrogen (secondary N) is 1. The monoisotopic (exact) mass is 726 g/mol. The predicted octanol–water partition coefficient (Wildman–Crippen LogP) is 9.04. The molecule has 5 aromatic rings. The Morgan fingerprint density at radius 3 is 2.02 bits per heavy atom. The number of benzene rings is 5. The van der Waals surface area contributed by atoms with Crippen LogP contribution in [0.1, 0.15) is 66.0 Å². The normalized spacial score (nSPS) is 16.2. The molecule has 8 heteroatoms. The maximum Gasteiger partial charge on any atom is 0.407 e. The molecule has 1 saturated heterocycles. The Labute approximate surface area is 315 Å². The van der Waals surface area contributed by atoms with Crippen LogP contribution in [-0.4, -0.2) is 48.6 Å². The van der Waals surface area contributed by atoms with Gasteiger partial charge in [0, 0.05) is 40.7 Å². The molecule has 0 aromatic heterocycles. The second kappa shape index (κ2) is 14.9. The van der Waals surface area contributed by atoms with Gasteiger partial charge in [-0.05, 0) is 47.1 Å². The number of carbonyl (C=O) groups excluding carboxylic acids is 3. The number of carbonyl (C=O) groups is 3. The summed E-state index contributed by atoms with van der Waals surface area (Å²) in [4.78, 5) is 43.9. The minimum Gasteiger partial charge on any atom is -0.449 e. The zero-order valence-electron chi connectivity index (χ0n) is 30.2. The lowest BCUT2D eigenvalue weighted by atomic mass is 9.79. The number of halogens is 1. The second-order valence-electron chi connectivity index (χ2n) is 14.8. The minimum absolute atomic E-state index is 0.0685. The van der Waals surface area contributed by atoms with Crippen molar-refractivity contribution in [3.8, 4) is 11.1 Å². The third-order valence-electron chi connectivity index (χ3n) is 10.5. The molecule has 1 fully saturated rings. The van der Waals surface area contributed by atoms with Gasteiger partial charge in [0.15, 0.2) is 5.60 Å². The molecular formula is C45H43ClN2O5. The van der Waals surface area contributed by atoms with Gasteiger partial charge in [-0.15, -0.1) is 0 Å². The highest BCUT2D eigenvalue weighted by molar-refractivity contribution is 6.31. The van der Waals surface area contributed by atoms with Crippen LogP contribution in [0.3, 0.4) is 0 Å². The number of ether oxygens (including phenoxy) is 2. The molecule has 5 aromatic carbocycles. The SMILES string of the molecule is Cc1ccc(C(OC(=O)C[C@H](NC(=O)OCC2c3ccccc3-c3ccccc32)C(=O)N2CCC(C)(C)C2)(c2ccccc2)c2ccccc2Cl)cc1. The van der Waals surface area contributed by atoms with Gasteiger partial charge in [-0.1, -0.05) is 152 Å². The van der Waals surface area contributed by atoms with E-state index in [9.17, 15) is 14.4 Å². The van der Waals surface area contributed by atoms with Crippen molar-refractivity contribution in [2.45, 2.75) is 51.2 Å². The Kier molecular flexibility index (Phi) is 10.1. The predicted molar refractivity (Wildman–Crippen MR) is 207 cm³/mol. The molecule has 2 atom stereocenters. The topological polar surface area (TPSA) is 84.9 Å². The number of likely N-dealkylation sites (tertiary alicyclic amines) is 1. The van der Waals surface area contributed by atoms with Crippen molar-refractivity contribution in [1.82, 2.24) is 10.2 Å². The molecule has 2 aliphatic rings. The van der Waals surface area contributed by atoms with E-state index in [-0.39, 0.29) is 23.8 Å². The first kappa shape index (κ1) is 36.0. The molecule has 270 valence electrons. The van der Waals surface area contributed by atoms with Gasteiger partial charge in [0.05, 0.1) is 6.42 Å². The summed E-state index contributed by atoms with van der Waals surface area (Å²) in [7, 11) is 0. The third-order valence-corrected chi connectivity index (χ3v) is 10.8. The van der Waals surface area contributed by atoms with E-state index in [1.807, 2.05) is 116 Å². The van der Waals surface area contributed by atoms with E-state index in [0.29, 0.717) is 34.8 Å².